The lowest BCUT2D eigenvalue weighted by molar-refractivity contribution is 0.0936. The molecule has 15 heavy (non-hydrogen) atoms. The van der Waals surface area contributed by atoms with Crippen LogP contribution < -0.4 is 9.47 Å². The molecule has 0 spiro atoms. The van der Waals surface area contributed by atoms with Crippen LogP contribution in [0.25, 0.3) is 0 Å². The summed E-state index contributed by atoms with van der Waals surface area (Å²) >= 11 is 0. The molecule has 0 atom stereocenters. The molecule has 3 heteroatoms. The van der Waals surface area contributed by atoms with Crippen LogP contribution in [0.1, 0.15) is 24.2 Å². The third kappa shape index (κ3) is 2.49. The van der Waals surface area contributed by atoms with Gasteiger partial charge in [-0.2, -0.15) is 0 Å². The summed E-state index contributed by atoms with van der Waals surface area (Å²) in [6.45, 7) is 3.69. The van der Waals surface area contributed by atoms with Gasteiger partial charge >= 0.3 is 0 Å². The van der Waals surface area contributed by atoms with Gasteiger partial charge in [0.15, 0.2) is 5.78 Å². The van der Waals surface area contributed by atoms with Crippen molar-refractivity contribution in [2.45, 2.75) is 13.8 Å². The van der Waals surface area contributed by atoms with Gasteiger partial charge in [-0.1, -0.05) is 13.8 Å². The molecule has 1 aromatic rings. The highest BCUT2D eigenvalue weighted by Crippen LogP contribution is 2.25. The zero-order valence-electron chi connectivity index (χ0n) is 9.46. The third-order valence-corrected chi connectivity index (χ3v) is 2.10. The molecule has 0 saturated carbocycles. The fourth-order valence-electron chi connectivity index (χ4n) is 1.22. The van der Waals surface area contributed by atoms with Gasteiger partial charge in [0.2, 0.25) is 0 Å². The van der Waals surface area contributed by atoms with Gasteiger partial charge in [-0.15, -0.1) is 0 Å². The average molecular weight is 207 g/mol. The Labute approximate surface area is 90.0 Å². The molecule has 81 valence electrons. The molecule has 0 aliphatic rings. The Morgan fingerprint density at radius 2 is 2.00 bits per heavy atom. The highest BCUT2D eigenvalue weighted by Gasteiger charge is 2.16. The summed E-state index contributed by atoms with van der Waals surface area (Å²) in [4.78, 5) is 11.8. The lowest BCUT2D eigenvalue weighted by Crippen LogP contribution is -2.09. The smallest absolute Gasteiger partial charge is 0.169 e. The molecule has 0 aliphatic carbocycles. The number of benzene rings is 1. The lowest BCUT2D eigenvalue weighted by Gasteiger charge is -2.10. The normalized spacial score (nSPS) is 10.2. The van der Waals surface area contributed by atoms with E-state index >= 15 is 0 Å². The van der Waals surface area contributed by atoms with Gasteiger partial charge in [-0.25, -0.2) is 0 Å². The van der Waals surface area contributed by atoms with Gasteiger partial charge in [0.05, 0.1) is 19.8 Å². The molecule has 0 bridgehead atoms. The molecule has 0 amide bonds. The number of methoxy groups -OCH3 is 2. The molecule has 0 N–H and O–H groups in total. The first-order valence-electron chi connectivity index (χ1n) is 4.78. The van der Waals surface area contributed by atoms with Crippen molar-refractivity contribution in [1.29, 1.82) is 0 Å². The van der Waals surface area contributed by atoms with Crippen LogP contribution in [0.5, 0.6) is 11.5 Å². The van der Waals surface area contributed by atoms with Gasteiger partial charge in [-0.3, -0.25) is 4.79 Å². The van der Waals surface area contributed by atoms with Crippen LogP contribution in [0.15, 0.2) is 12.1 Å². The average Bonchev–Trinajstić information content (AvgIpc) is 2.27. The van der Waals surface area contributed by atoms with Crippen molar-refractivity contribution < 1.29 is 14.3 Å². The fraction of sp³-hybridized carbons (Fsp3) is 0.417. The van der Waals surface area contributed by atoms with E-state index in [1.165, 1.54) is 7.11 Å². The van der Waals surface area contributed by atoms with E-state index in [0.29, 0.717) is 17.1 Å². The lowest BCUT2D eigenvalue weighted by atomic mass is 10.0. The van der Waals surface area contributed by atoms with E-state index in [1.54, 1.807) is 19.2 Å². The highest BCUT2D eigenvalue weighted by molar-refractivity contribution is 5.99. The summed E-state index contributed by atoms with van der Waals surface area (Å²) in [7, 11) is 3.09. The zero-order chi connectivity index (χ0) is 11.4. The fourth-order valence-corrected chi connectivity index (χ4v) is 1.22. The Bertz CT molecular complexity index is 356. The van der Waals surface area contributed by atoms with E-state index in [4.69, 9.17) is 9.47 Å². The van der Waals surface area contributed by atoms with E-state index in [1.807, 2.05) is 13.8 Å². The highest BCUT2D eigenvalue weighted by atomic mass is 16.5. The first-order valence-corrected chi connectivity index (χ1v) is 4.78. The summed E-state index contributed by atoms with van der Waals surface area (Å²) < 4.78 is 10.2. The van der Waals surface area contributed by atoms with Gasteiger partial charge in [0.1, 0.15) is 11.5 Å². The quantitative estimate of drug-likeness (QED) is 0.711. The van der Waals surface area contributed by atoms with Crippen molar-refractivity contribution in [2.75, 3.05) is 14.2 Å². The van der Waals surface area contributed by atoms with Crippen molar-refractivity contribution >= 4 is 5.78 Å². The number of hydrogen-bond acceptors (Lipinski definition) is 3. The summed E-state index contributed by atoms with van der Waals surface area (Å²) in [5.74, 6) is 1.10. The van der Waals surface area contributed by atoms with Crippen LogP contribution in [0.3, 0.4) is 0 Å². The molecule has 0 fully saturated rings. The number of ketones is 1. The van der Waals surface area contributed by atoms with Gasteiger partial charge in [0, 0.05) is 18.1 Å². The van der Waals surface area contributed by atoms with E-state index in [2.05, 4.69) is 6.07 Å². The summed E-state index contributed by atoms with van der Waals surface area (Å²) in [6.07, 6.45) is 0. The van der Waals surface area contributed by atoms with Gasteiger partial charge in [0.25, 0.3) is 0 Å². The van der Waals surface area contributed by atoms with Crippen LogP contribution in [0.2, 0.25) is 0 Å². The molecular formula is C12H15O3. The SMILES string of the molecule is COc1c[c]c(C(=O)C(C)C)c(OC)c1. The van der Waals surface area contributed by atoms with Crippen molar-refractivity contribution in [3.63, 3.8) is 0 Å². The molecule has 0 heterocycles. The summed E-state index contributed by atoms with van der Waals surface area (Å²) in [5, 5.41) is 0. The predicted octanol–water partition coefficient (Wildman–Crippen LogP) is 2.34. The Morgan fingerprint density at radius 1 is 1.33 bits per heavy atom. The maximum Gasteiger partial charge on any atom is 0.169 e. The number of carbonyl (C=O) groups is 1. The molecule has 1 rings (SSSR count). The number of hydrogen-bond donors (Lipinski definition) is 0. The third-order valence-electron chi connectivity index (χ3n) is 2.10. The van der Waals surface area contributed by atoms with E-state index in [9.17, 15) is 4.79 Å². The summed E-state index contributed by atoms with van der Waals surface area (Å²) in [6, 6.07) is 6.21. The first-order chi connectivity index (χ1) is 7.10. The predicted molar refractivity (Wildman–Crippen MR) is 57.6 cm³/mol. The second kappa shape index (κ2) is 4.82. The Balaban J connectivity index is 3.13. The van der Waals surface area contributed by atoms with Crippen molar-refractivity contribution in [3.05, 3.63) is 23.8 Å². The summed E-state index contributed by atoms with van der Waals surface area (Å²) in [5.41, 5.74) is 0.480. The molecule has 0 saturated heterocycles. The van der Waals surface area contributed by atoms with Crippen molar-refractivity contribution in [1.82, 2.24) is 0 Å². The van der Waals surface area contributed by atoms with Crippen LogP contribution in [-0.4, -0.2) is 20.0 Å². The minimum atomic E-state index is -0.0662. The van der Waals surface area contributed by atoms with Gasteiger partial charge in [-0.05, 0) is 6.07 Å². The van der Waals surface area contributed by atoms with E-state index in [-0.39, 0.29) is 11.7 Å². The molecule has 1 radical (unpaired) electrons. The van der Waals surface area contributed by atoms with Crippen LogP contribution in [0, 0.1) is 12.0 Å². The number of carbonyl (C=O) groups excluding carboxylic acids is 1. The maximum absolute atomic E-state index is 11.8. The monoisotopic (exact) mass is 207 g/mol. The van der Waals surface area contributed by atoms with Crippen LogP contribution >= 0.6 is 0 Å². The minimum absolute atomic E-state index is 0.0227. The van der Waals surface area contributed by atoms with E-state index < -0.39 is 0 Å². The first kappa shape index (κ1) is 11.6. The molecule has 0 unspecified atom stereocenters. The zero-order valence-corrected chi connectivity index (χ0v) is 9.46. The maximum atomic E-state index is 11.8. The van der Waals surface area contributed by atoms with Crippen molar-refractivity contribution in [2.24, 2.45) is 5.92 Å². The van der Waals surface area contributed by atoms with Gasteiger partial charge < -0.3 is 9.47 Å². The molecule has 0 aromatic heterocycles. The Kier molecular flexibility index (Phi) is 3.72. The number of ether oxygens (including phenoxy) is 2. The number of rotatable bonds is 4. The molecule has 3 nitrogen and oxygen atoms in total. The van der Waals surface area contributed by atoms with E-state index in [0.717, 1.165) is 0 Å². The topological polar surface area (TPSA) is 35.5 Å². The second-order valence-corrected chi connectivity index (χ2v) is 3.50. The van der Waals surface area contributed by atoms with Crippen molar-refractivity contribution in [3.8, 4) is 11.5 Å². The van der Waals surface area contributed by atoms with Crippen LogP contribution in [-0.2, 0) is 0 Å². The molecular weight excluding hydrogens is 192 g/mol. The molecule has 0 aliphatic heterocycles. The number of Topliss-reactive ketones (excluding diaryl/α,β-unsaturated/α-hetero) is 1. The largest absolute Gasteiger partial charge is 0.497 e. The standard InChI is InChI=1S/C12H15O3/c1-8(2)12(13)10-6-5-9(14-3)7-11(10)15-4/h5,7-8H,1-4H3. The Morgan fingerprint density at radius 3 is 2.47 bits per heavy atom. The minimum Gasteiger partial charge on any atom is -0.497 e. The molecule has 1 aromatic carbocycles. The Hall–Kier alpha value is -1.51. The van der Waals surface area contributed by atoms with Crippen LogP contribution in [0.4, 0.5) is 0 Å². The second-order valence-electron chi connectivity index (χ2n) is 3.50.